The first-order valence-electron chi connectivity index (χ1n) is 9.99. The van der Waals surface area contributed by atoms with Gasteiger partial charge >= 0.3 is 0 Å². The van der Waals surface area contributed by atoms with Gasteiger partial charge in [-0.05, 0) is 37.1 Å². The van der Waals surface area contributed by atoms with Gasteiger partial charge in [0.15, 0.2) is 0 Å². The number of carbonyl (C=O) groups excluding carboxylic acids is 3. The number of carbonyl (C=O) groups is 3. The molecule has 1 N–H and O–H groups in total. The third-order valence-corrected chi connectivity index (χ3v) is 6.46. The van der Waals surface area contributed by atoms with Gasteiger partial charge in [0.1, 0.15) is 0 Å². The van der Waals surface area contributed by atoms with E-state index in [1.54, 1.807) is 19.0 Å². The van der Waals surface area contributed by atoms with E-state index in [9.17, 15) is 14.4 Å². The van der Waals surface area contributed by atoms with Gasteiger partial charge < -0.3 is 15.1 Å². The molecule has 8 heteroatoms. The van der Waals surface area contributed by atoms with Crippen LogP contribution in [0.25, 0.3) is 0 Å². The van der Waals surface area contributed by atoms with Crippen molar-refractivity contribution in [2.75, 3.05) is 46.8 Å². The lowest BCUT2D eigenvalue weighted by molar-refractivity contribution is -0.131. The Morgan fingerprint density at radius 1 is 1.18 bits per heavy atom. The van der Waals surface area contributed by atoms with E-state index in [4.69, 9.17) is 0 Å². The number of likely N-dealkylation sites (tertiary alicyclic amines) is 2. The molecule has 2 aliphatic rings. The molecule has 3 amide bonds. The average molecular weight is 407 g/mol. The molecule has 0 radical (unpaired) electrons. The third-order valence-electron chi connectivity index (χ3n) is 5.60. The van der Waals surface area contributed by atoms with Gasteiger partial charge in [0.25, 0.3) is 5.91 Å². The van der Waals surface area contributed by atoms with Crippen molar-refractivity contribution in [3.05, 3.63) is 22.4 Å². The van der Waals surface area contributed by atoms with Gasteiger partial charge in [-0.2, -0.15) is 0 Å². The Balaban J connectivity index is 1.45. The maximum atomic E-state index is 12.7. The van der Waals surface area contributed by atoms with Crippen molar-refractivity contribution in [3.8, 4) is 0 Å². The SMILES string of the molecule is CN(C)C(=O)CN1CCC(NC(=O)C2CCCN(C(=O)c3cccs3)C2)CC1. The van der Waals surface area contributed by atoms with Crippen LogP contribution in [0.4, 0.5) is 0 Å². The number of nitrogens with one attached hydrogen (secondary N) is 1. The quantitative estimate of drug-likeness (QED) is 0.799. The van der Waals surface area contributed by atoms with Crippen molar-refractivity contribution in [1.29, 1.82) is 0 Å². The summed E-state index contributed by atoms with van der Waals surface area (Å²) in [4.78, 5) is 43.4. The summed E-state index contributed by atoms with van der Waals surface area (Å²) in [5, 5.41) is 5.09. The van der Waals surface area contributed by atoms with Crippen LogP contribution in [0.3, 0.4) is 0 Å². The number of amides is 3. The molecule has 1 aromatic heterocycles. The molecule has 154 valence electrons. The van der Waals surface area contributed by atoms with Crippen LogP contribution >= 0.6 is 11.3 Å². The second-order valence-electron chi connectivity index (χ2n) is 7.91. The lowest BCUT2D eigenvalue weighted by Crippen LogP contribution is -2.51. The van der Waals surface area contributed by atoms with E-state index in [2.05, 4.69) is 10.2 Å². The second-order valence-corrected chi connectivity index (χ2v) is 8.86. The number of hydrogen-bond donors (Lipinski definition) is 1. The Kier molecular flexibility index (Phi) is 7.07. The van der Waals surface area contributed by atoms with Gasteiger partial charge in [0.2, 0.25) is 11.8 Å². The van der Waals surface area contributed by atoms with E-state index >= 15 is 0 Å². The largest absolute Gasteiger partial charge is 0.353 e. The molecule has 1 atom stereocenters. The first-order chi connectivity index (χ1) is 13.4. The van der Waals surface area contributed by atoms with Crippen LogP contribution < -0.4 is 5.32 Å². The molecule has 0 aliphatic carbocycles. The lowest BCUT2D eigenvalue weighted by atomic mass is 9.95. The molecule has 0 bridgehead atoms. The Morgan fingerprint density at radius 3 is 2.57 bits per heavy atom. The van der Waals surface area contributed by atoms with Crippen molar-refractivity contribution in [3.63, 3.8) is 0 Å². The molecule has 2 aliphatic heterocycles. The van der Waals surface area contributed by atoms with E-state index < -0.39 is 0 Å². The van der Waals surface area contributed by atoms with Crippen LogP contribution in [0, 0.1) is 5.92 Å². The van der Waals surface area contributed by atoms with Crippen LogP contribution in [0.5, 0.6) is 0 Å². The fourth-order valence-electron chi connectivity index (χ4n) is 3.82. The molecule has 0 spiro atoms. The summed E-state index contributed by atoms with van der Waals surface area (Å²) in [6.07, 6.45) is 3.41. The highest BCUT2D eigenvalue weighted by atomic mass is 32.1. The molecule has 2 fully saturated rings. The zero-order valence-electron chi connectivity index (χ0n) is 16.7. The van der Waals surface area contributed by atoms with E-state index in [1.807, 2.05) is 22.4 Å². The van der Waals surface area contributed by atoms with Crippen LogP contribution in [0.2, 0.25) is 0 Å². The fourth-order valence-corrected chi connectivity index (χ4v) is 4.51. The molecule has 1 unspecified atom stereocenters. The zero-order chi connectivity index (χ0) is 20.1. The number of thiophene rings is 1. The predicted octanol–water partition coefficient (Wildman–Crippen LogP) is 1.27. The van der Waals surface area contributed by atoms with E-state index in [0.29, 0.717) is 13.1 Å². The summed E-state index contributed by atoms with van der Waals surface area (Å²) in [6, 6.07) is 3.87. The van der Waals surface area contributed by atoms with Gasteiger partial charge in [-0.15, -0.1) is 11.3 Å². The van der Waals surface area contributed by atoms with Gasteiger partial charge in [-0.25, -0.2) is 0 Å². The van der Waals surface area contributed by atoms with Crippen molar-refractivity contribution >= 4 is 29.1 Å². The first kappa shape index (κ1) is 20.8. The summed E-state index contributed by atoms with van der Waals surface area (Å²) in [5.74, 6) is 0.0732. The highest BCUT2D eigenvalue weighted by molar-refractivity contribution is 7.12. The van der Waals surface area contributed by atoms with Crippen LogP contribution in [0.1, 0.15) is 35.4 Å². The molecule has 3 rings (SSSR count). The number of hydrogen-bond acceptors (Lipinski definition) is 5. The van der Waals surface area contributed by atoms with Crippen LogP contribution in [-0.2, 0) is 9.59 Å². The smallest absolute Gasteiger partial charge is 0.263 e. The maximum absolute atomic E-state index is 12.7. The average Bonchev–Trinajstić information content (AvgIpc) is 3.23. The molecular weight excluding hydrogens is 376 g/mol. The monoisotopic (exact) mass is 406 g/mol. The highest BCUT2D eigenvalue weighted by Gasteiger charge is 2.31. The minimum absolute atomic E-state index is 0.0337. The second kappa shape index (κ2) is 9.52. The van der Waals surface area contributed by atoms with Crippen LogP contribution in [0.15, 0.2) is 17.5 Å². The van der Waals surface area contributed by atoms with E-state index in [1.165, 1.54) is 11.3 Å². The number of nitrogens with zero attached hydrogens (tertiary/aromatic N) is 3. The Labute approximate surface area is 170 Å². The minimum atomic E-state index is -0.133. The molecule has 2 saturated heterocycles. The Bertz CT molecular complexity index is 684. The standard InChI is InChI=1S/C20H30N4O3S/c1-22(2)18(25)14-23-10-7-16(8-11-23)21-19(26)15-5-3-9-24(13-15)20(27)17-6-4-12-28-17/h4,6,12,15-16H,3,5,7-11,13-14H2,1-2H3,(H,21,26). The molecular formula is C20H30N4O3S. The minimum Gasteiger partial charge on any atom is -0.353 e. The Hall–Kier alpha value is -1.93. The third kappa shape index (κ3) is 5.32. The van der Waals surface area contributed by atoms with Gasteiger partial charge in [0.05, 0.1) is 17.3 Å². The van der Waals surface area contributed by atoms with Crippen LogP contribution in [-0.4, -0.2) is 85.3 Å². The lowest BCUT2D eigenvalue weighted by Gasteiger charge is -2.35. The number of likely N-dealkylation sites (N-methyl/N-ethyl adjacent to an activating group) is 1. The normalized spacial score (nSPS) is 21.4. The molecule has 0 saturated carbocycles. The molecule has 28 heavy (non-hydrogen) atoms. The van der Waals surface area contributed by atoms with Crippen molar-refractivity contribution < 1.29 is 14.4 Å². The Morgan fingerprint density at radius 2 is 1.93 bits per heavy atom. The molecule has 3 heterocycles. The zero-order valence-corrected chi connectivity index (χ0v) is 17.5. The molecule has 7 nitrogen and oxygen atoms in total. The summed E-state index contributed by atoms with van der Waals surface area (Å²) in [6.45, 7) is 3.30. The summed E-state index contributed by atoms with van der Waals surface area (Å²) in [5.41, 5.74) is 0. The highest BCUT2D eigenvalue weighted by Crippen LogP contribution is 2.21. The molecule has 0 aromatic carbocycles. The summed E-state index contributed by atoms with van der Waals surface area (Å²) in [7, 11) is 3.54. The van der Waals surface area contributed by atoms with Crippen molar-refractivity contribution in [2.24, 2.45) is 5.92 Å². The summed E-state index contributed by atoms with van der Waals surface area (Å²) >= 11 is 1.45. The van der Waals surface area contributed by atoms with E-state index in [0.717, 1.165) is 50.2 Å². The number of rotatable bonds is 5. The first-order valence-corrected chi connectivity index (χ1v) is 10.9. The van der Waals surface area contributed by atoms with Crippen molar-refractivity contribution in [1.82, 2.24) is 20.0 Å². The predicted molar refractivity (Wildman–Crippen MR) is 109 cm³/mol. The fraction of sp³-hybridized carbons (Fsp3) is 0.650. The van der Waals surface area contributed by atoms with Gasteiger partial charge in [-0.3, -0.25) is 19.3 Å². The van der Waals surface area contributed by atoms with E-state index in [-0.39, 0.29) is 29.7 Å². The van der Waals surface area contributed by atoms with Gasteiger partial charge in [-0.1, -0.05) is 6.07 Å². The molecule has 1 aromatic rings. The van der Waals surface area contributed by atoms with Crippen molar-refractivity contribution in [2.45, 2.75) is 31.7 Å². The number of piperidine rings is 2. The van der Waals surface area contributed by atoms with Gasteiger partial charge in [0, 0.05) is 46.3 Å². The maximum Gasteiger partial charge on any atom is 0.263 e. The summed E-state index contributed by atoms with van der Waals surface area (Å²) < 4.78 is 0. The topological polar surface area (TPSA) is 73.0 Å².